The van der Waals surface area contributed by atoms with Gasteiger partial charge < -0.3 is 15.4 Å². The molecule has 1 rings (SSSR count). The van der Waals surface area contributed by atoms with Crippen LogP contribution >= 0.6 is 12.4 Å². The SMILES string of the molecule is CCOC(=O)C(C)(C)n1cc(NC(=O)C(C)CNC)cn1.Cl. The third kappa shape index (κ3) is 4.99. The molecule has 0 aliphatic heterocycles. The van der Waals surface area contributed by atoms with E-state index in [9.17, 15) is 9.59 Å². The Kier molecular flexibility index (Phi) is 8.11. The number of rotatable bonds is 7. The van der Waals surface area contributed by atoms with Gasteiger partial charge in [0.15, 0.2) is 5.54 Å². The number of halogens is 1. The van der Waals surface area contributed by atoms with Crippen LogP contribution in [-0.2, 0) is 19.9 Å². The van der Waals surface area contributed by atoms with Gasteiger partial charge in [-0.3, -0.25) is 9.48 Å². The van der Waals surface area contributed by atoms with E-state index in [0.29, 0.717) is 18.8 Å². The highest BCUT2D eigenvalue weighted by molar-refractivity contribution is 5.92. The summed E-state index contributed by atoms with van der Waals surface area (Å²) in [6.45, 7) is 7.92. The number of nitrogens with one attached hydrogen (secondary N) is 2. The topological polar surface area (TPSA) is 85.2 Å². The van der Waals surface area contributed by atoms with Crippen LogP contribution in [0, 0.1) is 5.92 Å². The third-order valence-electron chi connectivity index (χ3n) is 3.16. The molecule has 0 fully saturated rings. The van der Waals surface area contributed by atoms with E-state index < -0.39 is 5.54 Å². The quantitative estimate of drug-likeness (QED) is 0.737. The maximum atomic E-state index is 11.9. The number of carbonyl (C=O) groups is 2. The monoisotopic (exact) mass is 332 g/mol. The summed E-state index contributed by atoms with van der Waals surface area (Å²) in [6.07, 6.45) is 3.14. The Morgan fingerprint density at radius 3 is 2.64 bits per heavy atom. The van der Waals surface area contributed by atoms with Gasteiger partial charge in [-0.2, -0.15) is 5.10 Å². The standard InChI is InChI=1S/C14H24N4O3.ClH/c1-6-21-13(20)14(3,4)18-9-11(8-16-18)17-12(19)10(2)7-15-5;/h8-10,15H,6-7H2,1-5H3,(H,17,19);1H. The largest absolute Gasteiger partial charge is 0.464 e. The van der Waals surface area contributed by atoms with E-state index in [1.807, 2.05) is 6.92 Å². The number of carbonyl (C=O) groups excluding carboxylic acids is 2. The summed E-state index contributed by atoms with van der Waals surface area (Å²) in [5, 5.41) is 9.86. The maximum absolute atomic E-state index is 11.9. The first-order valence-electron chi connectivity index (χ1n) is 7.00. The first-order chi connectivity index (χ1) is 9.82. The van der Waals surface area contributed by atoms with Gasteiger partial charge in [0.2, 0.25) is 5.91 Å². The van der Waals surface area contributed by atoms with Gasteiger partial charge in [0.05, 0.1) is 18.5 Å². The van der Waals surface area contributed by atoms with Gasteiger partial charge in [0.1, 0.15) is 0 Å². The fourth-order valence-corrected chi connectivity index (χ4v) is 1.76. The van der Waals surface area contributed by atoms with Crippen molar-refractivity contribution in [3.8, 4) is 0 Å². The van der Waals surface area contributed by atoms with Crippen LogP contribution in [0.5, 0.6) is 0 Å². The predicted molar refractivity (Wildman–Crippen MR) is 87.2 cm³/mol. The fourth-order valence-electron chi connectivity index (χ4n) is 1.76. The van der Waals surface area contributed by atoms with Crippen molar-refractivity contribution in [3.05, 3.63) is 12.4 Å². The van der Waals surface area contributed by atoms with E-state index in [1.165, 1.54) is 10.9 Å². The average Bonchev–Trinajstić information content (AvgIpc) is 2.88. The molecule has 1 aromatic heterocycles. The second-order valence-corrected chi connectivity index (χ2v) is 5.40. The molecule has 1 atom stereocenters. The number of anilines is 1. The van der Waals surface area contributed by atoms with Crippen LogP contribution in [0.15, 0.2) is 12.4 Å². The minimum absolute atomic E-state index is 0. The van der Waals surface area contributed by atoms with E-state index in [4.69, 9.17) is 4.74 Å². The molecule has 1 unspecified atom stereocenters. The summed E-state index contributed by atoms with van der Waals surface area (Å²) in [5.41, 5.74) is -0.365. The van der Waals surface area contributed by atoms with Crippen molar-refractivity contribution in [2.45, 2.75) is 33.2 Å². The first-order valence-corrected chi connectivity index (χ1v) is 7.00. The zero-order valence-electron chi connectivity index (χ0n) is 13.7. The molecule has 0 spiro atoms. The number of esters is 1. The van der Waals surface area contributed by atoms with Crippen LogP contribution in [0.1, 0.15) is 27.7 Å². The fraction of sp³-hybridized carbons (Fsp3) is 0.643. The van der Waals surface area contributed by atoms with Crippen molar-refractivity contribution in [2.75, 3.05) is 25.5 Å². The van der Waals surface area contributed by atoms with E-state index in [-0.39, 0.29) is 30.2 Å². The second-order valence-electron chi connectivity index (χ2n) is 5.40. The molecule has 0 saturated heterocycles. The maximum Gasteiger partial charge on any atom is 0.333 e. The molecular weight excluding hydrogens is 308 g/mol. The van der Waals surface area contributed by atoms with Crippen LogP contribution < -0.4 is 10.6 Å². The van der Waals surface area contributed by atoms with Crippen molar-refractivity contribution >= 4 is 30.0 Å². The molecule has 8 heteroatoms. The molecule has 0 radical (unpaired) electrons. The van der Waals surface area contributed by atoms with Gasteiger partial charge in [-0.15, -0.1) is 12.4 Å². The molecule has 0 aliphatic carbocycles. The molecule has 1 amide bonds. The molecular formula is C14H25ClN4O3. The molecule has 0 saturated carbocycles. The molecule has 0 aromatic carbocycles. The second kappa shape index (κ2) is 8.75. The molecule has 0 aliphatic rings. The van der Waals surface area contributed by atoms with Crippen LogP contribution in [0.4, 0.5) is 5.69 Å². The van der Waals surface area contributed by atoms with Crippen molar-refractivity contribution in [1.29, 1.82) is 0 Å². The van der Waals surface area contributed by atoms with Crippen molar-refractivity contribution in [2.24, 2.45) is 5.92 Å². The van der Waals surface area contributed by atoms with Crippen LogP contribution in [0.3, 0.4) is 0 Å². The van der Waals surface area contributed by atoms with Crippen molar-refractivity contribution < 1.29 is 14.3 Å². The third-order valence-corrected chi connectivity index (χ3v) is 3.16. The van der Waals surface area contributed by atoms with E-state index in [0.717, 1.165) is 0 Å². The lowest BCUT2D eigenvalue weighted by atomic mass is 10.1. The molecule has 7 nitrogen and oxygen atoms in total. The summed E-state index contributed by atoms with van der Waals surface area (Å²) >= 11 is 0. The number of hydrogen-bond acceptors (Lipinski definition) is 5. The highest BCUT2D eigenvalue weighted by Gasteiger charge is 2.32. The van der Waals surface area contributed by atoms with Gasteiger partial charge in [0, 0.05) is 18.7 Å². The molecule has 126 valence electrons. The van der Waals surface area contributed by atoms with Gasteiger partial charge >= 0.3 is 5.97 Å². The smallest absolute Gasteiger partial charge is 0.333 e. The average molecular weight is 333 g/mol. The summed E-state index contributed by atoms with van der Waals surface area (Å²) in [5.74, 6) is -0.621. The van der Waals surface area contributed by atoms with Crippen molar-refractivity contribution in [3.63, 3.8) is 0 Å². The van der Waals surface area contributed by atoms with Crippen LogP contribution in [0.25, 0.3) is 0 Å². The molecule has 1 heterocycles. The lowest BCUT2D eigenvalue weighted by Gasteiger charge is -2.22. The molecule has 2 N–H and O–H groups in total. The Morgan fingerprint density at radius 1 is 1.45 bits per heavy atom. The lowest BCUT2D eigenvalue weighted by Crippen LogP contribution is -2.37. The Balaban J connectivity index is 0.00000441. The van der Waals surface area contributed by atoms with Crippen molar-refractivity contribution in [1.82, 2.24) is 15.1 Å². The summed E-state index contributed by atoms with van der Waals surface area (Å²) < 4.78 is 6.52. The minimum Gasteiger partial charge on any atom is -0.464 e. The van der Waals surface area contributed by atoms with Gasteiger partial charge in [0.25, 0.3) is 0 Å². The Labute approximate surface area is 137 Å². The lowest BCUT2D eigenvalue weighted by molar-refractivity contribution is -0.152. The van der Waals surface area contributed by atoms with Gasteiger partial charge in [-0.1, -0.05) is 6.92 Å². The first kappa shape index (κ1) is 20.4. The number of hydrogen-bond donors (Lipinski definition) is 2. The summed E-state index contributed by atoms with van der Waals surface area (Å²) in [6, 6.07) is 0. The zero-order valence-corrected chi connectivity index (χ0v) is 14.5. The zero-order chi connectivity index (χ0) is 16.0. The number of aromatic nitrogens is 2. The Morgan fingerprint density at radius 2 is 2.09 bits per heavy atom. The summed E-state index contributed by atoms with van der Waals surface area (Å²) in [4.78, 5) is 23.8. The Bertz CT molecular complexity index is 502. The minimum atomic E-state index is -0.921. The normalized spacial score (nSPS) is 12.2. The van der Waals surface area contributed by atoms with Crippen LogP contribution in [0.2, 0.25) is 0 Å². The number of nitrogens with zero attached hydrogens (tertiary/aromatic N) is 2. The van der Waals surface area contributed by atoms with E-state index in [2.05, 4.69) is 15.7 Å². The molecule has 0 bridgehead atoms. The van der Waals surface area contributed by atoms with E-state index in [1.54, 1.807) is 34.0 Å². The highest BCUT2D eigenvalue weighted by atomic mass is 35.5. The molecule has 1 aromatic rings. The summed E-state index contributed by atoms with van der Waals surface area (Å²) in [7, 11) is 1.80. The van der Waals surface area contributed by atoms with Gasteiger partial charge in [-0.05, 0) is 27.8 Å². The van der Waals surface area contributed by atoms with Gasteiger partial charge in [-0.25, -0.2) is 4.79 Å². The number of ether oxygens (including phenoxy) is 1. The van der Waals surface area contributed by atoms with E-state index >= 15 is 0 Å². The molecule has 22 heavy (non-hydrogen) atoms. The Hall–Kier alpha value is -1.60. The number of amides is 1. The highest BCUT2D eigenvalue weighted by Crippen LogP contribution is 2.19. The van der Waals surface area contributed by atoms with Crippen LogP contribution in [-0.4, -0.2) is 41.9 Å². The predicted octanol–water partition coefficient (Wildman–Crippen LogP) is 1.40.